The van der Waals surface area contributed by atoms with Crippen molar-refractivity contribution in [2.24, 2.45) is 0 Å². The summed E-state index contributed by atoms with van der Waals surface area (Å²) in [5.74, 6) is 1.15. The molecule has 0 unspecified atom stereocenters. The Bertz CT molecular complexity index is 1210. The quantitative estimate of drug-likeness (QED) is 0.721. The van der Waals surface area contributed by atoms with Crippen molar-refractivity contribution in [1.29, 1.82) is 0 Å². The predicted octanol–water partition coefficient (Wildman–Crippen LogP) is 3.66. The predicted molar refractivity (Wildman–Crippen MR) is 117 cm³/mol. The van der Waals surface area contributed by atoms with Crippen LogP contribution in [0.1, 0.15) is 40.8 Å². The molecule has 30 heavy (non-hydrogen) atoms. The second kappa shape index (κ2) is 7.52. The maximum absolute atomic E-state index is 13.2. The van der Waals surface area contributed by atoms with Crippen molar-refractivity contribution in [1.82, 2.24) is 9.88 Å². The van der Waals surface area contributed by atoms with Gasteiger partial charge in [0.25, 0.3) is 5.56 Å². The highest BCUT2D eigenvalue weighted by molar-refractivity contribution is 5.84. The molecule has 0 aliphatic carbocycles. The average Bonchev–Trinajstić information content (AvgIpc) is 2.74. The van der Waals surface area contributed by atoms with Crippen molar-refractivity contribution in [2.45, 2.75) is 33.2 Å². The lowest BCUT2D eigenvalue weighted by molar-refractivity contribution is -0.130. The number of pyridine rings is 1. The van der Waals surface area contributed by atoms with Crippen molar-refractivity contribution < 1.29 is 14.3 Å². The smallest absolute Gasteiger partial charge is 0.254 e. The van der Waals surface area contributed by atoms with E-state index in [2.05, 4.69) is 4.98 Å². The Morgan fingerprint density at radius 1 is 1.07 bits per heavy atom. The summed E-state index contributed by atoms with van der Waals surface area (Å²) in [6.07, 6.45) is 0.690. The summed E-state index contributed by atoms with van der Waals surface area (Å²) >= 11 is 0. The number of H-pyrrole nitrogens is 1. The molecule has 0 saturated heterocycles. The number of ether oxygens (including phenoxy) is 2. The van der Waals surface area contributed by atoms with E-state index in [9.17, 15) is 9.59 Å². The van der Waals surface area contributed by atoms with Crippen molar-refractivity contribution >= 4 is 16.8 Å². The number of hydrogen-bond donors (Lipinski definition) is 1. The maximum Gasteiger partial charge on any atom is 0.254 e. The van der Waals surface area contributed by atoms with Crippen LogP contribution < -0.4 is 15.0 Å². The van der Waals surface area contributed by atoms with E-state index in [-0.39, 0.29) is 11.5 Å². The summed E-state index contributed by atoms with van der Waals surface area (Å²) in [7, 11) is 3.18. The number of nitrogens with zero attached hydrogens (tertiary/aromatic N) is 1. The maximum atomic E-state index is 13.2. The highest BCUT2D eigenvalue weighted by Gasteiger charge is 2.33. The van der Waals surface area contributed by atoms with Crippen LogP contribution >= 0.6 is 0 Å². The van der Waals surface area contributed by atoms with Crippen LogP contribution in [0, 0.1) is 13.8 Å². The Morgan fingerprint density at radius 3 is 2.43 bits per heavy atom. The lowest BCUT2D eigenvalue weighted by Gasteiger charge is -2.37. The minimum Gasteiger partial charge on any atom is -0.493 e. The molecule has 0 bridgehead atoms. The molecule has 2 heterocycles. The topological polar surface area (TPSA) is 71.6 Å². The minimum atomic E-state index is -0.485. The highest BCUT2D eigenvalue weighted by atomic mass is 16.5. The summed E-state index contributed by atoms with van der Waals surface area (Å²) in [6, 6.07) is 9.31. The van der Waals surface area contributed by atoms with Crippen LogP contribution in [0.3, 0.4) is 0 Å². The average molecular weight is 406 g/mol. The van der Waals surface area contributed by atoms with Gasteiger partial charge in [-0.1, -0.05) is 12.1 Å². The lowest BCUT2D eigenvalue weighted by Crippen LogP contribution is -2.41. The van der Waals surface area contributed by atoms with E-state index in [1.807, 2.05) is 44.2 Å². The number of aryl methyl sites for hydroxylation is 2. The number of benzene rings is 2. The molecule has 0 radical (unpaired) electrons. The molecule has 3 aromatic rings. The van der Waals surface area contributed by atoms with Crippen LogP contribution in [-0.4, -0.2) is 36.6 Å². The number of fused-ring (bicyclic) bond motifs is 2. The molecule has 1 N–H and O–H groups in total. The zero-order chi connectivity index (χ0) is 21.6. The zero-order valence-corrected chi connectivity index (χ0v) is 18.0. The van der Waals surface area contributed by atoms with Gasteiger partial charge in [0.2, 0.25) is 5.91 Å². The summed E-state index contributed by atoms with van der Waals surface area (Å²) < 4.78 is 10.9. The molecule has 6 heteroatoms. The Hall–Kier alpha value is -3.28. The van der Waals surface area contributed by atoms with Gasteiger partial charge in [-0.15, -0.1) is 0 Å². The third kappa shape index (κ3) is 3.12. The highest BCUT2D eigenvalue weighted by Crippen LogP contribution is 2.40. The number of aromatic amines is 1. The van der Waals surface area contributed by atoms with Crippen molar-refractivity contribution in [3.05, 3.63) is 68.5 Å². The van der Waals surface area contributed by atoms with E-state index in [4.69, 9.17) is 9.47 Å². The van der Waals surface area contributed by atoms with Crippen molar-refractivity contribution in [3.63, 3.8) is 0 Å². The Kier molecular flexibility index (Phi) is 5.02. The van der Waals surface area contributed by atoms with Crippen LogP contribution in [0.25, 0.3) is 10.9 Å². The molecule has 1 aliphatic heterocycles. The molecule has 1 atom stereocenters. The number of carbonyl (C=O) groups excluding carboxylic acids is 1. The summed E-state index contributed by atoms with van der Waals surface area (Å²) in [5, 5.41) is 0.948. The third-order valence-electron chi connectivity index (χ3n) is 6.15. The van der Waals surface area contributed by atoms with Gasteiger partial charge in [-0.2, -0.15) is 0 Å². The number of aromatic nitrogens is 1. The molecule has 1 amide bonds. The lowest BCUT2D eigenvalue weighted by atomic mass is 9.87. The van der Waals surface area contributed by atoms with Gasteiger partial charge in [0, 0.05) is 19.0 Å². The SMILES string of the molecule is COc1cc2c(cc1OC)[C@@H](c1cc3ccc(C)c(C)c3[nH]c1=O)N(C(C)=O)CC2. The van der Waals surface area contributed by atoms with Gasteiger partial charge in [0.1, 0.15) is 0 Å². The van der Waals surface area contributed by atoms with Crippen LogP contribution in [0.4, 0.5) is 0 Å². The van der Waals surface area contributed by atoms with E-state index in [0.717, 1.165) is 33.2 Å². The van der Waals surface area contributed by atoms with Gasteiger partial charge in [-0.05, 0) is 66.1 Å². The Labute approximate surface area is 175 Å². The summed E-state index contributed by atoms with van der Waals surface area (Å²) in [4.78, 5) is 30.5. The van der Waals surface area contributed by atoms with Gasteiger partial charge in [0.05, 0.1) is 25.8 Å². The van der Waals surface area contributed by atoms with E-state index >= 15 is 0 Å². The Balaban J connectivity index is 1.98. The van der Waals surface area contributed by atoms with Crippen LogP contribution in [0.15, 0.2) is 35.1 Å². The second-order valence-corrected chi connectivity index (χ2v) is 7.80. The first-order valence-corrected chi connectivity index (χ1v) is 10.0. The number of nitrogens with one attached hydrogen (secondary N) is 1. The van der Waals surface area contributed by atoms with Gasteiger partial charge in [-0.25, -0.2) is 0 Å². The van der Waals surface area contributed by atoms with Crippen molar-refractivity contribution in [2.75, 3.05) is 20.8 Å². The van der Waals surface area contributed by atoms with Gasteiger partial charge >= 0.3 is 0 Å². The summed E-state index contributed by atoms with van der Waals surface area (Å²) in [5.41, 5.74) is 5.31. The number of methoxy groups -OCH3 is 2. The first-order chi connectivity index (χ1) is 14.3. The monoisotopic (exact) mass is 406 g/mol. The second-order valence-electron chi connectivity index (χ2n) is 7.80. The molecular formula is C24H26N2O4. The molecular weight excluding hydrogens is 380 g/mol. The standard InChI is InChI=1S/C24H26N2O4/c1-13-6-7-17-10-19(24(28)25-22(17)14(13)2)23-18-12-21(30-5)20(29-4)11-16(18)8-9-26(23)15(3)27/h6-7,10-12,23H,8-9H2,1-5H3,(H,25,28)/t23-/m0/s1. The van der Waals surface area contributed by atoms with Crippen LogP contribution in [0.5, 0.6) is 11.5 Å². The largest absolute Gasteiger partial charge is 0.493 e. The molecule has 1 aromatic heterocycles. The summed E-state index contributed by atoms with van der Waals surface area (Å²) in [6.45, 7) is 6.10. The van der Waals surface area contributed by atoms with E-state index in [1.165, 1.54) is 0 Å². The molecule has 1 aliphatic rings. The molecule has 2 aromatic carbocycles. The molecule has 6 nitrogen and oxygen atoms in total. The molecule has 0 saturated carbocycles. The van der Waals surface area contributed by atoms with Crippen molar-refractivity contribution in [3.8, 4) is 11.5 Å². The van der Waals surface area contributed by atoms with Crippen LogP contribution in [-0.2, 0) is 11.2 Å². The fraction of sp³-hybridized carbons (Fsp3) is 0.333. The number of carbonyl (C=O) groups is 1. The fourth-order valence-electron chi connectivity index (χ4n) is 4.37. The first kappa shape index (κ1) is 20.0. The first-order valence-electron chi connectivity index (χ1n) is 10.0. The Morgan fingerprint density at radius 2 is 1.77 bits per heavy atom. The molecule has 4 rings (SSSR count). The van der Waals surface area contributed by atoms with E-state index in [1.54, 1.807) is 26.0 Å². The van der Waals surface area contributed by atoms with Gasteiger partial charge < -0.3 is 19.4 Å². The number of amides is 1. The van der Waals surface area contributed by atoms with Gasteiger partial charge in [0.15, 0.2) is 11.5 Å². The molecule has 0 spiro atoms. The van der Waals surface area contributed by atoms with Gasteiger partial charge in [-0.3, -0.25) is 9.59 Å². The molecule has 156 valence electrons. The third-order valence-corrected chi connectivity index (χ3v) is 6.15. The normalized spacial score (nSPS) is 15.8. The van der Waals surface area contributed by atoms with E-state index < -0.39 is 6.04 Å². The van der Waals surface area contributed by atoms with Crippen LogP contribution in [0.2, 0.25) is 0 Å². The zero-order valence-electron chi connectivity index (χ0n) is 18.0. The fourth-order valence-corrected chi connectivity index (χ4v) is 4.37. The number of hydrogen-bond acceptors (Lipinski definition) is 4. The molecule has 0 fully saturated rings. The number of rotatable bonds is 3. The minimum absolute atomic E-state index is 0.0694. The van der Waals surface area contributed by atoms with E-state index in [0.29, 0.717) is 30.0 Å².